The van der Waals surface area contributed by atoms with Crippen molar-refractivity contribution in [3.8, 4) is 0 Å². The van der Waals surface area contributed by atoms with Crippen LogP contribution in [0.3, 0.4) is 0 Å². The highest BCUT2D eigenvalue weighted by molar-refractivity contribution is 5.20. The van der Waals surface area contributed by atoms with Gasteiger partial charge in [-0.25, -0.2) is 0 Å². The minimum atomic E-state index is 0.537. The Kier molecular flexibility index (Phi) is 3.35. The second-order valence-corrected chi connectivity index (χ2v) is 5.01. The Morgan fingerprint density at radius 3 is 1.61 bits per heavy atom. The summed E-state index contributed by atoms with van der Waals surface area (Å²) in [5, 5.41) is 0. The van der Waals surface area contributed by atoms with E-state index in [9.17, 15) is 0 Å². The highest BCUT2D eigenvalue weighted by Crippen LogP contribution is 2.42. The van der Waals surface area contributed by atoms with Gasteiger partial charge in [-0.1, -0.05) is 25.0 Å². The summed E-state index contributed by atoms with van der Waals surface area (Å²) in [6.07, 6.45) is 8.89. The molecule has 2 nitrogen and oxygen atoms in total. The second-order valence-electron chi connectivity index (χ2n) is 5.01. The fourth-order valence-electron chi connectivity index (χ4n) is 3.03. The van der Waals surface area contributed by atoms with Crippen LogP contribution in [-0.2, 0) is 0 Å². The van der Waals surface area contributed by atoms with Crippen LogP contribution in [0.25, 0.3) is 0 Å². The molecule has 3 rings (SSSR count). The standard InChI is InChI=1S/C16H18N2/c1-2-8-14(16-10-4-6-12-18-16)13(7-1)15-9-3-5-11-17-15/h3-6,9-14H,1-2,7-8H2/t13-,14-/m1/s1. The summed E-state index contributed by atoms with van der Waals surface area (Å²) in [4.78, 5) is 9.10. The third-order valence-corrected chi connectivity index (χ3v) is 3.90. The molecule has 1 aliphatic rings. The van der Waals surface area contributed by atoms with Crippen molar-refractivity contribution in [3.05, 3.63) is 60.2 Å². The fourth-order valence-corrected chi connectivity index (χ4v) is 3.03. The summed E-state index contributed by atoms with van der Waals surface area (Å²) in [5.41, 5.74) is 2.46. The molecule has 18 heavy (non-hydrogen) atoms. The van der Waals surface area contributed by atoms with Gasteiger partial charge in [-0.2, -0.15) is 0 Å². The van der Waals surface area contributed by atoms with E-state index in [2.05, 4.69) is 34.2 Å². The van der Waals surface area contributed by atoms with Crippen LogP contribution >= 0.6 is 0 Å². The Bertz CT molecular complexity index is 433. The van der Waals surface area contributed by atoms with E-state index in [0.29, 0.717) is 11.8 Å². The third kappa shape index (κ3) is 2.28. The number of hydrogen-bond donors (Lipinski definition) is 0. The van der Waals surface area contributed by atoms with Gasteiger partial charge in [-0.15, -0.1) is 0 Å². The van der Waals surface area contributed by atoms with Crippen LogP contribution in [0.5, 0.6) is 0 Å². The molecule has 0 unspecified atom stereocenters. The van der Waals surface area contributed by atoms with Crippen LogP contribution < -0.4 is 0 Å². The zero-order valence-corrected chi connectivity index (χ0v) is 10.5. The first-order valence-electron chi connectivity index (χ1n) is 6.77. The van der Waals surface area contributed by atoms with Crippen molar-refractivity contribution >= 4 is 0 Å². The van der Waals surface area contributed by atoms with Gasteiger partial charge in [-0.05, 0) is 37.1 Å². The highest BCUT2D eigenvalue weighted by Gasteiger charge is 2.29. The van der Waals surface area contributed by atoms with Gasteiger partial charge in [0.05, 0.1) is 0 Å². The van der Waals surface area contributed by atoms with Crippen LogP contribution in [0.2, 0.25) is 0 Å². The first-order chi connectivity index (χ1) is 8.95. The second kappa shape index (κ2) is 5.30. The van der Waals surface area contributed by atoms with Crippen molar-refractivity contribution in [1.82, 2.24) is 9.97 Å². The maximum atomic E-state index is 4.55. The van der Waals surface area contributed by atoms with E-state index in [-0.39, 0.29) is 0 Å². The summed E-state index contributed by atoms with van der Waals surface area (Å²) >= 11 is 0. The minimum absolute atomic E-state index is 0.537. The van der Waals surface area contributed by atoms with E-state index in [1.54, 1.807) is 0 Å². The van der Waals surface area contributed by atoms with E-state index in [1.165, 1.54) is 37.1 Å². The van der Waals surface area contributed by atoms with E-state index in [4.69, 9.17) is 0 Å². The van der Waals surface area contributed by atoms with Crippen molar-refractivity contribution in [2.45, 2.75) is 37.5 Å². The largest absolute Gasteiger partial charge is 0.261 e. The van der Waals surface area contributed by atoms with Gasteiger partial charge in [0.25, 0.3) is 0 Å². The van der Waals surface area contributed by atoms with Gasteiger partial charge in [-0.3, -0.25) is 9.97 Å². The molecule has 92 valence electrons. The third-order valence-electron chi connectivity index (χ3n) is 3.90. The summed E-state index contributed by atoms with van der Waals surface area (Å²) in [6.45, 7) is 0. The molecular weight excluding hydrogens is 220 g/mol. The average molecular weight is 238 g/mol. The van der Waals surface area contributed by atoms with Crippen LogP contribution in [0.15, 0.2) is 48.8 Å². The summed E-state index contributed by atoms with van der Waals surface area (Å²) in [7, 11) is 0. The zero-order chi connectivity index (χ0) is 12.2. The smallest absolute Gasteiger partial charge is 0.0441 e. The molecule has 0 aromatic carbocycles. The molecule has 0 aliphatic heterocycles. The van der Waals surface area contributed by atoms with Gasteiger partial charge >= 0.3 is 0 Å². The first-order valence-corrected chi connectivity index (χ1v) is 6.77. The van der Waals surface area contributed by atoms with E-state index in [0.717, 1.165) is 0 Å². The molecule has 0 N–H and O–H groups in total. The molecule has 2 aromatic rings. The first kappa shape index (κ1) is 11.4. The number of hydrogen-bond acceptors (Lipinski definition) is 2. The average Bonchev–Trinajstić information content (AvgIpc) is 2.49. The number of nitrogens with zero attached hydrogens (tertiary/aromatic N) is 2. The molecule has 1 aliphatic carbocycles. The SMILES string of the molecule is c1ccc([C@@H]2CCCC[C@H]2c2ccccn2)nc1. The number of rotatable bonds is 2. The number of pyridine rings is 2. The van der Waals surface area contributed by atoms with E-state index in [1.807, 2.05) is 24.5 Å². The lowest BCUT2D eigenvalue weighted by Crippen LogP contribution is -2.18. The Morgan fingerprint density at radius 2 is 1.22 bits per heavy atom. The molecule has 0 amide bonds. The van der Waals surface area contributed by atoms with Crippen molar-refractivity contribution in [1.29, 1.82) is 0 Å². The summed E-state index contributed by atoms with van der Waals surface area (Å²) in [6, 6.07) is 12.5. The van der Waals surface area contributed by atoms with Crippen LogP contribution in [0.1, 0.15) is 48.9 Å². The van der Waals surface area contributed by atoms with E-state index < -0.39 is 0 Å². The Labute approximate surface area is 108 Å². The van der Waals surface area contributed by atoms with Crippen molar-refractivity contribution in [3.63, 3.8) is 0 Å². The molecule has 1 saturated carbocycles. The maximum Gasteiger partial charge on any atom is 0.0441 e. The lowest BCUT2D eigenvalue weighted by atomic mass is 9.75. The molecule has 2 heteroatoms. The lowest BCUT2D eigenvalue weighted by molar-refractivity contribution is 0.374. The van der Waals surface area contributed by atoms with Crippen molar-refractivity contribution < 1.29 is 0 Å². The predicted octanol–water partition coefficient (Wildman–Crippen LogP) is 3.92. The van der Waals surface area contributed by atoms with Crippen LogP contribution in [-0.4, -0.2) is 9.97 Å². The van der Waals surface area contributed by atoms with Crippen LogP contribution in [0, 0.1) is 0 Å². The van der Waals surface area contributed by atoms with Crippen molar-refractivity contribution in [2.75, 3.05) is 0 Å². The minimum Gasteiger partial charge on any atom is -0.261 e. The molecule has 0 spiro atoms. The van der Waals surface area contributed by atoms with Crippen LogP contribution in [0.4, 0.5) is 0 Å². The molecule has 0 bridgehead atoms. The maximum absolute atomic E-state index is 4.55. The lowest BCUT2D eigenvalue weighted by Gasteiger charge is -2.30. The summed E-state index contributed by atoms with van der Waals surface area (Å²) < 4.78 is 0. The number of aromatic nitrogens is 2. The predicted molar refractivity (Wildman–Crippen MR) is 72.4 cm³/mol. The highest BCUT2D eigenvalue weighted by atomic mass is 14.7. The van der Waals surface area contributed by atoms with Crippen molar-refractivity contribution in [2.24, 2.45) is 0 Å². The monoisotopic (exact) mass is 238 g/mol. The molecule has 0 radical (unpaired) electrons. The van der Waals surface area contributed by atoms with Gasteiger partial charge in [0.1, 0.15) is 0 Å². The quantitative estimate of drug-likeness (QED) is 0.792. The molecule has 0 saturated heterocycles. The Hall–Kier alpha value is -1.70. The normalized spacial score (nSPS) is 23.8. The molecular formula is C16H18N2. The van der Waals surface area contributed by atoms with Gasteiger partial charge in [0.2, 0.25) is 0 Å². The van der Waals surface area contributed by atoms with Gasteiger partial charge in [0, 0.05) is 35.6 Å². The fraction of sp³-hybridized carbons (Fsp3) is 0.375. The van der Waals surface area contributed by atoms with Gasteiger partial charge in [0.15, 0.2) is 0 Å². The molecule has 2 heterocycles. The molecule has 2 atom stereocenters. The Balaban J connectivity index is 1.92. The topological polar surface area (TPSA) is 25.8 Å². The molecule has 2 aromatic heterocycles. The summed E-state index contributed by atoms with van der Waals surface area (Å²) in [5.74, 6) is 1.07. The molecule has 1 fully saturated rings. The van der Waals surface area contributed by atoms with Gasteiger partial charge < -0.3 is 0 Å². The van der Waals surface area contributed by atoms with E-state index >= 15 is 0 Å². The zero-order valence-electron chi connectivity index (χ0n) is 10.5. The Morgan fingerprint density at radius 1 is 0.722 bits per heavy atom.